The van der Waals surface area contributed by atoms with Crippen molar-refractivity contribution in [1.82, 2.24) is 34.3 Å². The molecule has 11 nitrogen and oxygen atoms in total. The standard InChI is InChI=1S/C16H19ClN8O3S/c1-2-22-9-13(17)14(21-22)15-19-20-16(24(15)8-12-4-3-5-28-12)29-10-23-7-11(6-18-23)25(26)27/h6-7,9,12H,2-5,8,10H2,1H3. The van der Waals surface area contributed by atoms with Crippen molar-refractivity contribution in [3.05, 3.63) is 33.7 Å². The number of aryl methyl sites for hydroxylation is 1. The highest BCUT2D eigenvalue weighted by molar-refractivity contribution is 7.98. The monoisotopic (exact) mass is 438 g/mol. The van der Waals surface area contributed by atoms with Crippen molar-refractivity contribution in [2.24, 2.45) is 0 Å². The number of ether oxygens (including phenoxy) is 1. The molecule has 3 aromatic heterocycles. The zero-order valence-corrected chi connectivity index (χ0v) is 17.2. The van der Waals surface area contributed by atoms with Gasteiger partial charge < -0.3 is 4.74 Å². The highest BCUT2D eigenvalue weighted by Gasteiger charge is 2.24. The van der Waals surface area contributed by atoms with E-state index in [1.165, 1.54) is 28.8 Å². The molecule has 0 saturated carbocycles. The molecule has 0 radical (unpaired) electrons. The Bertz CT molecular complexity index is 1010. The average molecular weight is 439 g/mol. The molecule has 29 heavy (non-hydrogen) atoms. The summed E-state index contributed by atoms with van der Waals surface area (Å²) in [5, 5.41) is 29.1. The maximum absolute atomic E-state index is 10.8. The number of halogens is 1. The molecule has 3 aromatic rings. The third-order valence-corrected chi connectivity index (χ3v) is 5.77. The molecule has 1 saturated heterocycles. The van der Waals surface area contributed by atoms with Crippen LogP contribution < -0.4 is 0 Å². The first kappa shape index (κ1) is 19.9. The van der Waals surface area contributed by atoms with Crippen LogP contribution in [0.25, 0.3) is 11.5 Å². The first-order chi connectivity index (χ1) is 14.0. The molecule has 1 aliphatic heterocycles. The van der Waals surface area contributed by atoms with Crippen LogP contribution >= 0.6 is 23.4 Å². The molecule has 1 atom stereocenters. The number of thioether (sulfide) groups is 1. The van der Waals surface area contributed by atoms with Crippen molar-refractivity contribution in [1.29, 1.82) is 0 Å². The lowest BCUT2D eigenvalue weighted by Crippen LogP contribution is -2.17. The Morgan fingerprint density at radius 2 is 2.24 bits per heavy atom. The van der Waals surface area contributed by atoms with Gasteiger partial charge in [-0.2, -0.15) is 10.2 Å². The van der Waals surface area contributed by atoms with Crippen molar-refractivity contribution in [2.75, 3.05) is 6.61 Å². The molecular weight excluding hydrogens is 420 g/mol. The van der Waals surface area contributed by atoms with Crippen molar-refractivity contribution in [2.45, 2.75) is 50.0 Å². The molecule has 0 aliphatic carbocycles. The van der Waals surface area contributed by atoms with Gasteiger partial charge in [-0.05, 0) is 19.8 Å². The third kappa shape index (κ3) is 4.28. The zero-order chi connectivity index (χ0) is 20.4. The first-order valence-corrected chi connectivity index (χ1v) is 10.5. The molecule has 13 heteroatoms. The van der Waals surface area contributed by atoms with Crippen molar-refractivity contribution in [3.63, 3.8) is 0 Å². The van der Waals surface area contributed by atoms with Crippen LogP contribution in [0, 0.1) is 10.1 Å². The van der Waals surface area contributed by atoms with Crippen LogP contribution in [0.2, 0.25) is 5.02 Å². The maximum Gasteiger partial charge on any atom is 0.307 e. The molecule has 154 valence electrons. The smallest absolute Gasteiger partial charge is 0.307 e. The molecular formula is C16H19ClN8O3S. The Balaban J connectivity index is 1.60. The second-order valence-corrected chi connectivity index (χ2v) is 7.82. The topological polar surface area (TPSA) is 119 Å². The Morgan fingerprint density at radius 1 is 1.38 bits per heavy atom. The maximum atomic E-state index is 10.8. The van der Waals surface area contributed by atoms with E-state index in [1.54, 1.807) is 10.9 Å². The van der Waals surface area contributed by atoms with E-state index in [-0.39, 0.29) is 11.8 Å². The van der Waals surface area contributed by atoms with Gasteiger partial charge in [0, 0.05) is 19.3 Å². The van der Waals surface area contributed by atoms with E-state index in [9.17, 15) is 10.1 Å². The van der Waals surface area contributed by atoms with Gasteiger partial charge in [0.2, 0.25) is 0 Å². The van der Waals surface area contributed by atoms with E-state index in [0.717, 1.165) is 19.4 Å². The van der Waals surface area contributed by atoms with Crippen molar-refractivity contribution >= 4 is 29.1 Å². The lowest BCUT2D eigenvalue weighted by atomic mass is 10.2. The number of hydrogen-bond donors (Lipinski definition) is 0. The normalized spacial score (nSPS) is 16.6. The minimum Gasteiger partial charge on any atom is -0.376 e. The highest BCUT2D eigenvalue weighted by atomic mass is 35.5. The van der Waals surface area contributed by atoms with Crippen molar-refractivity contribution in [3.8, 4) is 11.5 Å². The quantitative estimate of drug-likeness (QED) is 0.299. The van der Waals surface area contributed by atoms with Gasteiger partial charge in [-0.25, -0.2) is 0 Å². The molecule has 0 spiro atoms. The molecule has 1 unspecified atom stereocenters. The van der Waals surface area contributed by atoms with E-state index < -0.39 is 4.92 Å². The van der Waals surface area contributed by atoms with E-state index in [0.29, 0.717) is 40.7 Å². The number of nitrogens with zero attached hydrogens (tertiary/aromatic N) is 8. The van der Waals surface area contributed by atoms with E-state index in [4.69, 9.17) is 16.3 Å². The van der Waals surface area contributed by atoms with Crippen LogP contribution in [-0.2, 0) is 23.7 Å². The molecule has 0 bridgehead atoms. The van der Waals surface area contributed by atoms with Gasteiger partial charge in [-0.1, -0.05) is 23.4 Å². The van der Waals surface area contributed by atoms with Gasteiger partial charge in [-0.15, -0.1) is 10.2 Å². The third-order valence-electron chi connectivity index (χ3n) is 4.54. The summed E-state index contributed by atoms with van der Waals surface area (Å²) in [5.41, 5.74) is 0.518. The van der Waals surface area contributed by atoms with Crippen LogP contribution in [0.15, 0.2) is 23.7 Å². The Morgan fingerprint density at radius 3 is 2.90 bits per heavy atom. The second kappa shape index (κ2) is 8.51. The summed E-state index contributed by atoms with van der Waals surface area (Å²) in [6, 6.07) is 0. The first-order valence-electron chi connectivity index (χ1n) is 9.13. The number of rotatable bonds is 8. The van der Waals surface area contributed by atoms with Gasteiger partial charge in [0.05, 0.1) is 28.5 Å². The minimum atomic E-state index is -0.474. The van der Waals surface area contributed by atoms with E-state index in [1.807, 2.05) is 11.5 Å². The Labute approximate surface area is 175 Å². The lowest BCUT2D eigenvalue weighted by Gasteiger charge is -2.14. The predicted octanol–water partition coefficient (Wildman–Crippen LogP) is 2.85. The molecule has 0 N–H and O–H groups in total. The minimum absolute atomic E-state index is 0.0519. The molecule has 1 aliphatic rings. The van der Waals surface area contributed by atoms with Crippen LogP contribution in [0.3, 0.4) is 0 Å². The Kier molecular flexibility index (Phi) is 5.83. The van der Waals surface area contributed by atoms with Crippen LogP contribution in [-0.4, -0.2) is 52.0 Å². The molecule has 0 aromatic carbocycles. The summed E-state index contributed by atoms with van der Waals surface area (Å²) < 4.78 is 11.0. The molecule has 1 fully saturated rings. The molecule has 4 rings (SSSR count). The summed E-state index contributed by atoms with van der Waals surface area (Å²) in [7, 11) is 0. The zero-order valence-electron chi connectivity index (χ0n) is 15.6. The van der Waals surface area contributed by atoms with Gasteiger partial charge in [0.15, 0.2) is 11.0 Å². The van der Waals surface area contributed by atoms with Crippen LogP contribution in [0.5, 0.6) is 0 Å². The Hall–Kier alpha value is -2.44. The highest BCUT2D eigenvalue weighted by Crippen LogP contribution is 2.30. The summed E-state index contributed by atoms with van der Waals surface area (Å²) in [6.07, 6.45) is 6.42. The van der Waals surface area contributed by atoms with Gasteiger partial charge in [0.1, 0.15) is 18.1 Å². The fourth-order valence-corrected chi connectivity index (χ4v) is 4.12. The predicted molar refractivity (Wildman–Crippen MR) is 106 cm³/mol. The number of nitro groups is 1. The fourth-order valence-electron chi connectivity index (χ4n) is 3.08. The summed E-state index contributed by atoms with van der Waals surface area (Å²) in [5.74, 6) is 0.931. The number of hydrogen-bond acceptors (Lipinski definition) is 8. The average Bonchev–Trinajstić information content (AvgIpc) is 3.48. The fraction of sp³-hybridized carbons (Fsp3) is 0.500. The van der Waals surface area contributed by atoms with Crippen LogP contribution in [0.1, 0.15) is 19.8 Å². The number of aromatic nitrogens is 7. The van der Waals surface area contributed by atoms with Gasteiger partial charge in [-0.3, -0.25) is 24.0 Å². The van der Waals surface area contributed by atoms with Crippen molar-refractivity contribution < 1.29 is 9.66 Å². The second-order valence-electron chi connectivity index (χ2n) is 6.50. The SMILES string of the molecule is CCn1cc(Cl)c(-c2nnc(SCn3cc([N+](=O)[O-])cn3)n2CC2CCCO2)n1. The summed E-state index contributed by atoms with van der Waals surface area (Å²) in [6.45, 7) is 4.00. The van der Waals surface area contributed by atoms with Gasteiger partial charge in [0.25, 0.3) is 0 Å². The molecule has 0 amide bonds. The van der Waals surface area contributed by atoms with E-state index in [2.05, 4.69) is 20.4 Å². The summed E-state index contributed by atoms with van der Waals surface area (Å²) in [4.78, 5) is 10.4. The van der Waals surface area contributed by atoms with E-state index >= 15 is 0 Å². The lowest BCUT2D eigenvalue weighted by molar-refractivity contribution is -0.385. The van der Waals surface area contributed by atoms with Gasteiger partial charge >= 0.3 is 5.69 Å². The largest absolute Gasteiger partial charge is 0.376 e. The summed E-state index contributed by atoms with van der Waals surface area (Å²) >= 11 is 7.76. The van der Waals surface area contributed by atoms with Crippen LogP contribution in [0.4, 0.5) is 5.69 Å². The molecule has 4 heterocycles.